The van der Waals surface area contributed by atoms with E-state index in [4.69, 9.17) is 0 Å². The zero-order valence-corrected chi connectivity index (χ0v) is 12.1. The molecule has 0 aromatic carbocycles. The van der Waals surface area contributed by atoms with Crippen LogP contribution in [0.2, 0.25) is 0 Å². The summed E-state index contributed by atoms with van der Waals surface area (Å²) < 4.78 is 1.16. The maximum atomic E-state index is 4.35. The third kappa shape index (κ3) is 3.66. The molecule has 2 rings (SSSR count). The highest BCUT2D eigenvalue weighted by atomic mass is 79.9. The van der Waals surface area contributed by atoms with Crippen LogP contribution in [0.15, 0.2) is 28.3 Å². The highest BCUT2D eigenvalue weighted by molar-refractivity contribution is 9.10. The largest absolute Gasteiger partial charge is 0.347 e. The van der Waals surface area contributed by atoms with Crippen LogP contribution in [0.5, 0.6) is 0 Å². The summed E-state index contributed by atoms with van der Waals surface area (Å²) in [4.78, 5) is 8.90. The zero-order chi connectivity index (χ0) is 12.1. The molecule has 17 heavy (non-hydrogen) atoms. The number of hydrogen-bond acceptors (Lipinski definition) is 3. The van der Waals surface area contributed by atoms with Crippen LogP contribution in [0, 0.1) is 0 Å². The highest BCUT2D eigenvalue weighted by Gasteiger charge is 2.14. The fraction of sp³-hybridized carbons (Fsp3) is 0.417. The number of aromatic amines is 1. The van der Waals surface area contributed by atoms with E-state index in [2.05, 4.69) is 49.6 Å². The van der Waals surface area contributed by atoms with Crippen molar-refractivity contribution in [3.63, 3.8) is 0 Å². The molecule has 0 radical (unpaired) electrons. The lowest BCUT2D eigenvalue weighted by molar-refractivity contribution is 0.511. The molecule has 2 N–H and O–H groups in total. The van der Waals surface area contributed by atoms with Crippen LogP contribution in [0.3, 0.4) is 0 Å². The van der Waals surface area contributed by atoms with Crippen molar-refractivity contribution >= 4 is 27.3 Å². The van der Waals surface area contributed by atoms with Crippen molar-refractivity contribution in [3.05, 3.63) is 39.0 Å². The van der Waals surface area contributed by atoms with E-state index in [0.717, 1.165) is 29.7 Å². The van der Waals surface area contributed by atoms with Crippen molar-refractivity contribution in [1.82, 2.24) is 15.3 Å². The summed E-state index contributed by atoms with van der Waals surface area (Å²) in [6.45, 7) is 3.19. The Morgan fingerprint density at radius 1 is 1.59 bits per heavy atom. The fourth-order valence-electron chi connectivity index (χ4n) is 1.71. The van der Waals surface area contributed by atoms with Crippen molar-refractivity contribution < 1.29 is 0 Å². The van der Waals surface area contributed by atoms with Gasteiger partial charge in [-0.15, -0.1) is 11.3 Å². The first-order valence-electron chi connectivity index (χ1n) is 5.75. The first-order chi connectivity index (χ1) is 8.29. The van der Waals surface area contributed by atoms with E-state index in [1.54, 1.807) is 17.5 Å². The Morgan fingerprint density at radius 2 is 2.47 bits per heavy atom. The molecule has 0 saturated carbocycles. The highest BCUT2D eigenvalue weighted by Crippen LogP contribution is 2.24. The zero-order valence-electron chi connectivity index (χ0n) is 9.74. The first-order valence-corrected chi connectivity index (χ1v) is 7.42. The Balaban J connectivity index is 2.05. The normalized spacial score (nSPS) is 12.8. The molecule has 2 aromatic rings. The number of thiophene rings is 1. The minimum atomic E-state index is 0.274. The Labute approximate surface area is 114 Å². The van der Waals surface area contributed by atoms with Crippen LogP contribution >= 0.6 is 27.3 Å². The van der Waals surface area contributed by atoms with E-state index in [1.807, 2.05) is 6.20 Å². The fourth-order valence-corrected chi connectivity index (χ4v) is 3.21. The van der Waals surface area contributed by atoms with Crippen molar-refractivity contribution in [1.29, 1.82) is 0 Å². The molecule has 5 heteroatoms. The van der Waals surface area contributed by atoms with E-state index in [1.165, 1.54) is 4.88 Å². The molecule has 92 valence electrons. The molecule has 0 aliphatic carbocycles. The average molecular weight is 314 g/mol. The van der Waals surface area contributed by atoms with E-state index < -0.39 is 0 Å². The van der Waals surface area contributed by atoms with Gasteiger partial charge in [0.15, 0.2) is 0 Å². The molecule has 0 saturated heterocycles. The molecule has 1 unspecified atom stereocenters. The molecular formula is C12H16BrN3S. The van der Waals surface area contributed by atoms with Crippen LogP contribution in [-0.2, 0) is 6.42 Å². The number of halogens is 1. The van der Waals surface area contributed by atoms with Gasteiger partial charge in [0.05, 0.1) is 6.04 Å². The molecule has 0 aliphatic rings. The number of H-pyrrole nitrogens is 1. The van der Waals surface area contributed by atoms with Gasteiger partial charge in [0.2, 0.25) is 0 Å². The summed E-state index contributed by atoms with van der Waals surface area (Å²) in [6, 6.07) is 2.45. The quantitative estimate of drug-likeness (QED) is 0.856. The molecule has 0 fully saturated rings. The number of rotatable bonds is 6. The lowest BCUT2D eigenvalue weighted by Gasteiger charge is -2.15. The van der Waals surface area contributed by atoms with Crippen LogP contribution in [0.4, 0.5) is 0 Å². The summed E-state index contributed by atoms with van der Waals surface area (Å²) >= 11 is 5.27. The van der Waals surface area contributed by atoms with Gasteiger partial charge in [0.1, 0.15) is 5.82 Å². The van der Waals surface area contributed by atoms with E-state index in [9.17, 15) is 0 Å². The van der Waals surface area contributed by atoms with Gasteiger partial charge in [-0.05, 0) is 35.0 Å². The van der Waals surface area contributed by atoms with Gasteiger partial charge in [0.25, 0.3) is 0 Å². The second kappa shape index (κ2) is 6.33. The Morgan fingerprint density at radius 3 is 3.06 bits per heavy atom. The van der Waals surface area contributed by atoms with Crippen molar-refractivity contribution in [2.75, 3.05) is 6.54 Å². The molecule has 0 bridgehead atoms. The molecule has 1 atom stereocenters. The molecule has 3 nitrogen and oxygen atoms in total. The minimum absolute atomic E-state index is 0.274. The smallest absolute Gasteiger partial charge is 0.123 e. The van der Waals surface area contributed by atoms with E-state index >= 15 is 0 Å². The van der Waals surface area contributed by atoms with Crippen molar-refractivity contribution in [2.24, 2.45) is 0 Å². The second-order valence-corrected chi connectivity index (χ2v) is 5.83. The lowest BCUT2D eigenvalue weighted by atomic mass is 10.1. The minimum Gasteiger partial charge on any atom is -0.347 e. The Bertz CT molecular complexity index is 438. The second-order valence-electron chi connectivity index (χ2n) is 3.92. The van der Waals surface area contributed by atoms with Gasteiger partial charge < -0.3 is 10.3 Å². The van der Waals surface area contributed by atoms with Crippen LogP contribution in [0.1, 0.15) is 30.1 Å². The molecular weight excluding hydrogens is 298 g/mol. The molecule has 0 aliphatic heterocycles. The van der Waals surface area contributed by atoms with Gasteiger partial charge >= 0.3 is 0 Å². The SMILES string of the molecule is CCCNC(Cc1cc(Br)cs1)c1ncc[nH]1. The third-order valence-electron chi connectivity index (χ3n) is 2.52. The maximum absolute atomic E-state index is 4.35. The number of hydrogen-bond donors (Lipinski definition) is 2. The number of nitrogens with one attached hydrogen (secondary N) is 2. The number of nitrogens with zero attached hydrogens (tertiary/aromatic N) is 1. The summed E-state index contributed by atoms with van der Waals surface area (Å²) in [7, 11) is 0. The van der Waals surface area contributed by atoms with Gasteiger partial charge in [0, 0.05) is 33.5 Å². The summed E-state index contributed by atoms with van der Waals surface area (Å²) in [5.74, 6) is 1.02. The number of imidazole rings is 1. The predicted octanol–water partition coefficient (Wildman–Crippen LogP) is 3.52. The van der Waals surface area contributed by atoms with Gasteiger partial charge in [-0.3, -0.25) is 0 Å². The van der Waals surface area contributed by atoms with Crippen molar-refractivity contribution in [3.8, 4) is 0 Å². The average Bonchev–Trinajstić information content (AvgIpc) is 2.95. The standard InChI is InChI=1S/C12H16BrN3S/c1-2-3-14-11(12-15-4-5-16-12)7-10-6-9(13)8-17-10/h4-6,8,11,14H,2-3,7H2,1H3,(H,15,16). The van der Waals surface area contributed by atoms with Crippen LogP contribution < -0.4 is 5.32 Å². The molecule has 0 spiro atoms. The summed E-state index contributed by atoms with van der Waals surface area (Å²) in [6.07, 6.45) is 5.79. The summed E-state index contributed by atoms with van der Waals surface area (Å²) in [5.41, 5.74) is 0. The first kappa shape index (κ1) is 12.8. The van der Waals surface area contributed by atoms with Gasteiger partial charge in [-0.1, -0.05) is 6.92 Å². The predicted molar refractivity (Wildman–Crippen MR) is 75.3 cm³/mol. The third-order valence-corrected chi connectivity index (χ3v) is 4.24. The number of aromatic nitrogens is 2. The molecule has 2 heterocycles. The van der Waals surface area contributed by atoms with Gasteiger partial charge in [-0.2, -0.15) is 0 Å². The maximum Gasteiger partial charge on any atom is 0.123 e. The van der Waals surface area contributed by atoms with E-state index in [-0.39, 0.29) is 6.04 Å². The molecule has 0 amide bonds. The Hall–Kier alpha value is -0.650. The lowest BCUT2D eigenvalue weighted by Crippen LogP contribution is -2.24. The van der Waals surface area contributed by atoms with Crippen LogP contribution in [-0.4, -0.2) is 16.5 Å². The van der Waals surface area contributed by atoms with Crippen LogP contribution in [0.25, 0.3) is 0 Å². The van der Waals surface area contributed by atoms with Crippen molar-refractivity contribution in [2.45, 2.75) is 25.8 Å². The van der Waals surface area contributed by atoms with Gasteiger partial charge in [-0.25, -0.2) is 4.98 Å². The molecule has 2 aromatic heterocycles. The Kier molecular flexibility index (Phi) is 4.76. The topological polar surface area (TPSA) is 40.7 Å². The monoisotopic (exact) mass is 313 g/mol. The summed E-state index contributed by atoms with van der Waals surface area (Å²) in [5, 5.41) is 5.65. The van der Waals surface area contributed by atoms with E-state index in [0.29, 0.717) is 0 Å².